The lowest BCUT2D eigenvalue weighted by molar-refractivity contribution is 0.431. The highest BCUT2D eigenvalue weighted by Crippen LogP contribution is 2.38. The first-order chi connectivity index (χ1) is 10.2. The van der Waals surface area contributed by atoms with Gasteiger partial charge in [-0.2, -0.15) is 0 Å². The van der Waals surface area contributed by atoms with Crippen molar-refractivity contribution in [3.05, 3.63) is 49.6 Å². The van der Waals surface area contributed by atoms with Gasteiger partial charge in [0, 0.05) is 18.5 Å². The van der Waals surface area contributed by atoms with Crippen molar-refractivity contribution in [2.45, 2.75) is 6.54 Å². The topological polar surface area (TPSA) is 61.9 Å². The number of aromatic nitrogens is 1. The first-order valence-corrected chi connectivity index (χ1v) is 6.81. The van der Waals surface area contributed by atoms with Crippen molar-refractivity contribution in [1.29, 1.82) is 0 Å². The molecule has 0 aliphatic rings. The van der Waals surface area contributed by atoms with E-state index in [2.05, 4.69) is 28.7 Å². The van der Waals surface area contributed by atoms with E-state index in [0.717, 1.165) is 10.9 Å². The van der Waals surface area contributed by atoms with E-state index in [0.29, 0.717) is 18.8 Å². The van der Waals surface area contributed by atoms with Crippen LogP contribution in [0.5, 0.6) is 5.88 Å². The number of benzene rings is 1. The number of para-hydroxylation sites is 1. The minimum Gasteiger partial charge on any atom is -0.493 e. The zero-order valence-electron chi connectivity index (χ0n) is 11.5. The van der Waals surface area contributed by atoms with Crippen molar-refractivity contribution in [3.63, 3.8) is 0 Å². The number of aromatic hydroxyl groups is 1. The van der Waals surface area contributed by atoms with Gasteiger partial charge < -0.3 is 15.0 Å². The maximum absolute atomic E-state index is 10.3. The molecule has 0 fully saturated rings. The van der Waals surface area contributed by atoms with Crippen molar-refractivity contribution in [3.8, 4) is 5.88 Å². The molecule has 0 amide bonds. The van der Waals surface area contributed by atoms with E-state index in [1.165, 1.54) is 0 Å². The van der Waals surface area contributed by atoms with Gasteiger partial charge in [0.2, 0.25) is 11.0 Å². The largest absolute Gasteiger partial charge is 0.493 e. The number of thiocarbonyl (C=S) groups is 1. The Morgan fingerprint density at radius 2 is 2.10 bits per heavy atom. The molecule has 1 aromatic carbocycles. The van der Waals surface area contributed by atoms with Crippen LogP contribution in [0.2, 0.25) is 0 Å². The Balaban J connectivity index is 2.41. The maximum Gasteiger partial charge on any atom is 0.221 e. The van der Waals surface area contributed by atoms with Gasteiger partial charge in [0.1, 0.15) is 0 Å². The van der Waals surface area contributed by atoms with Crippen molar-refractivity contribution in [2.24, 2.45) is 10.2 Å². The van der Waals surface area contributed by atoms with Crippen LogP contribution in [0.25, 0.3) is 10.9 Å². The number of nitrogens with one attached hydrogen (secondary N) is 1. The lowest BCUT2D eigenvalue weighted by Gasteiger charge is -2.01. The number of azo groups is 1. The summed E-state index contributed by atoms with van der Waals surface area (Å²) in [6, 6.07) is 7.57. The van der Waals surface area contributed by atoms with Gasteiger partial charge in [-0.05, 0) is 18.3 Å². The molecule has 0 radical (unpaired) electrons. The van der Waals surface area contributed by atoms with Crippen molar-refractivity contribution in [2.75, 3.05) is 6.54 Å². The predicted molar refractivity (Wildman–Crippen MR) is 89.1 cm³/mol. The molecule has 1 heterocycles. The Kier molecular flexibility index (Phi) is 4.84. The van der Waals surface area contributed by atoms with Crippen LogP contribution in [0.1, 0.15) is 0 Å². The highest BCUT2D eigenvalue weighted by atomic mass is 32.1. The summed E-state index contributed by atoms with van der Waals surface area (Å²) in [5, 5.41) is 22.2. The van der Waals surface area contributed by atoms with Crippen LogP contribution in [0, 0.1) is 0 Å². The summed E-state index contributed by atoms with van der Waals surface area (Å²) in [6.45, 7) is 8.28. The fourth-order valence-corrected chi connectivity index (χ4v) is 2.10. The summed E-state index contributed by atoms with van der Waals surface area (Å²) in [6.07, 6.45) is 3.39. The van der Waals surface area contributed by atoms with Crippen LogP contribution < -0.4 is 5.32 Å². The zero-order chi connectivity index (χ0) is 15.2. The number of fused-ring (bicyclic) bond motifs is 1. The minimum absolute atomic E-state index is 0.0476. The third-order valence-corrected chi connectivity index (χ3v) is 3.09. The standard InChI is InChI=1S/C15H16N4OS/c1-3-9-16-15(21)18-17-13-11-7-5-6-8-12(11)19(10-4-2)14(13)20/h3-8,20H,1-2,9-10H2,(H,16,21). The first kappa shape index (κ1) is 14.9. The van der Waals surface area contributed by atoms with Gasteiger partial charge in [-0.15, -0.1) is 23.4 Å². The van der Waals surface area contributed by atoms with E-state index in [4.69, 9.17) is 12.2 Å². The van der Waals surface area contributed by atoms with Crippen LogP contribution in [-0.2, 0) is 6.54 Å². The average Bonchev–Trinajstić information content (AvgIpc) is 2.76. The van der Waals surface area contributed by atoms with E-state index in [9.17, 15) is 5.11 Å². The molecule has 0 saturated carbocycles. The molecule has 0 unspecified atom stereocenters. The van der Waals surface area contributed by atoms with Crippen molar-refractivity contribution in [1.82, 2.24) is 9.88 Å². The van der Waals surface area contributed by atoms with E-state index >= 15 is 0 Å². The molecule has 1 aromatic heterocycles. The van der Waals surface area contributed by atoms with Gasteiger partial charge in [-0.25, -0.2) is 0 Å². The summed E-state index contributed by atoms with van der Waals surface area (Å²) in [5.74, 6) is 0.0476. The fraction of sp³-hybridized carbons (Fsp3) is 0.133. The molecule has 0 bridgehead atoms. The molecule has 2 aromatic rings. The summed E-state index contributed by atoms with van der Waals surface area (Å²) in [7, 11) is 0. The van der Waals surface area contributed by atoms with Crippen molar-refractivity contribution >= 4 is 33.9 Å². The molecule has 0 saturated heterocycles. The van der Waals surface area contributed by atoms with Gasteiger partial charge >= 0.3 is 0 Å². The van der Waals surface area contributed by atoms with Gasteiger partial charge in [0.15, 0.2) is 5.69 Å². The molecule has 6 heteroatoms. The monoisotopic (exact) mass is 300 g/mol. The molecule has 0 aliphatic carbocycles. The Labute approximate surface area is 128 Å². The second-order valence-electron chi connectivity index (χ2n) is 4.26. The highest BCUT2D eigenvalue weighted by Gasteiger charge is 2.15. The summed E-state index contributed by atoms with van der Waals surface area (Å²) in [4.78, 5) is 0. The smallest absolute Gasteiger partial charge is 0.221 e. The van der Waals surface area contributed by atoms with Gasteiger partial charge in [-0.1, -0.05) is 30.4 Å². The van der Waals surface area contributed by atoms with Crippen LogP contribution >= 0.6 is 12.2 Å². The third kappa shape index (κ3) is 3.17. The third-order valence-electron chi connectivity index (χ3n) is 2.87. The second kappa shape index (κ2) is 6.81. The number of nitrogens with zero attached hydrogens (tertiary/aromatic N) is 3. The van der Waals surface area contributed by atoms with Gasteiger partial charge in [0.05, 0.1) is 5.52 Å². The summed E-state index contributed by atoms with van der Waals surface area (Å²) < 4.78 is 1.72. The quantitative estimate of drug-likeness (QED) is 0.503. The SMILES string of the molecule is C=CCNC(=S)N=Nc1c(O)n(CC=C)c2ccccc12. The number of hydrogen-bond donors (Lipinski definition) is 2. The Hall–Kier alpha value is -2.47. The lowest BCUT2D eigenvalue weighted by Crippen LogP contribution is -2.18. The molecule has 0 spiro atoms. The molecular formula is C15H16N4OS. The van der Waals surface area contributed by atoms with Crippen LogP contribution in [0.4, 0.5) is 5.69 Å². The van der Waals surface area contributed by atoms with Crippen molar-refractivity contribution < 1.29 is 5.11 Å². The summed E-state index contributed by atoms with van der Waals surface area (Å²) >= 11 is 5.02. The molecule has 108 valence electrons. The maximum atomic E-state index is 10.3. The molecule has 0 aliphatic heterocycles. The molecular weight excluding hydrogens is 284 g/mol. The van der Waals surface area contributed by atoms with E-state index < -0.39 is 0 Å². The number of hydrogen-bond acceptors (Lipinski definition) is 3. The highest BCUT2D eigenvalue weighted by molar-refractivity contribution is 7.80. The molecule has 5 nitrogen and oxygen atoms in total. The Morgan fingerprint density at radius 3 is 2.81 bits per heavy atom. The first-order valence-electron chi connectivity index (χ1n) is 6.40. The molecule has 2 rings (SSSR count). The van der Waals surface area contributed by atoms with Crippen LogP contribution in [-0.4, -0.2) is 21.3 Å². The van der Waals surface area contributed by atoms with Crippen LogP contribution in [0.3, 0.4) is 0 Å². The van der Waals surface area contributed by atoms with E-state index in [-0.39, 0.29) is 11.0 Å². The number of rotatable bonds is 5. The van der Waals surface area contributed by atoms with Crippen LogP contribution in [0.15, 0.2) is 59.8 Å². The van der Waals surface area contributed by atoms with E-state index in [1.54, 1.807) is 16.7 Å². The molecule has 21 heavy (non-hydrogen) atoms. The van der Waals surface area contributed by atoms with Gasteiger partial charge in [0.25, 0.3) is 0 Å². The Bertz CT molecular complexity index is 718. The average molecular weight is 300 g/mol. The minimum atomic E-state index is 0.0476. The number of allylic oxidation sites excluding steroid dienone is 1. The lowest BCUT2D eigenvalue weighted by atomic mass is 10.2. The predicted octanol–water partition coefficient (Wildman–Crippen LogP) is 3.68. The van der Waals surface area contributed by atoms with E-state index in [1.807, 2.05) is 24.3 Å². The second-order valence-corrected chi connectivity index (χ2v) is 4.65. The molecule has 2 N–H and O–H groups in total. The normalized spacial score (nSPS) is 10.9. The zero-order valence-corrected chi connectivity index (χ0v) is 12.3. The fourth-order valence-electron chi connectivity index (χ4n) is 1.97. The summed E-state index contributed by atoms with van der Waals surface area (Å²) in [5.41, 5.74) is 1.27. The molecule has 0 atom stereocenters. The Morgan fingerprint density at radius 1 is 1.33 bits per heavy atom. The van der Waals surface area contributed by atoms with Gasteiger partial charge in [-0.3, -0.25) is 0 Å².